The fraction of sp³-hybridized carbons (Fsp3) is 0.294. The minimum Gasteiger partial charge on any atom is -0.493 e. The average molecular weight is 424 g/mol. The van der Waals surface area contributed by atoms with Crippen LogP contribution in [-0.4, -0.2) is 17.6 Å². The summed E-state index contributed by atoms with van der Waals surface area (Å²) < 4.78 is 5.65. The van der Waals surface area contributed by atoms with Crippen LogP contribution in [0.1, 0.15) is 29.4 Å². The van der Waals surface area contributed by atoms with Gasteiger partial charge < -0.3 is 15.8 Å². The van der Waals surface area contributed by atoms with Gasteiger partial charge in [-0.2, -0.15) is 0 Å². The van der Waals surface area contributed by atoms with Crippen molar-refractivity contribution in [2.24, 2.45) is 10.7 Å². The number of rotatable bonds is 3. The molecule has 6 heteroatoms. The fourth-order valence-electron chi connectivity index (χ4n) is 2.57. The normalized spacial score (nSPS) is 16.7. The summed E-state index contributed by atoms with van der Waals surface area (Å²) in [5, 5.41) is 3.28. The minimum absolute atomic E-state index is 0. The number of nitrogens with zero attached hydrogens (tertiary/aromatic N) is 2. The third-order valence-electron chi connectivity index (χ3n) is 3.64. The van der Waals surface area contributed by atoms with E-state index in [1.165, 1.54) is 0 Å². The van der Waals surface area contributed by atoms with Gasteiger partial charge in [-0.05, 0) is 25.1 Å². The van der Waals surface area contributed by atoms with Crippen LogP contribution in [0.15, 0.2) is 47.5 Å². The molecule has 1 aliphatic heterocycles. The van der Waals surface area contributed by atoms with Gasteiger partial charge in [0.2, 0.25) is 0 Å². The average Bonchev–Trinajstić information content (AvgIpc) is 2.53. The highest BCUT2D eigenvalue weighted by Crippen LogP contribution is 2.31. The minimum atomic E-state index is 0. The summed E-state index contributed by atoms with van der Waals surface area (Å²) in [6, 6.07) is 14.1. The van der Waals surface area contributed by atoms with Gasteiger partial charge in [0.15, 0.2) is 5.96 Å². The largest absolute Gasteiger partial charge is 0.493 e. The lowest BCUT2D eigenvalue weighted by atomic mass is 10.0. The van der Waals surface area contributed by atoms with Crippen LogP contribution in [0.4, 0.5) is 0 Å². The number of hydrogen-bond donors (Lipinski definition) is 2. The van der Waals surface area contributed by atoms with Crippen LogP contribution < -0.4 is 15.8 Å². The number of aryl methyl sites for hydroxylation is 1. The van der Waals surface area contributed by atoms with Gasteiger partial charge in [0.25, 0.3) is 0 Å². The molecule has 3 N–H and O–H groups in total. The van der Waals surface area contributed by atoms with E-state index >= 15 is 0 Å². The van der Waals surface area contributed by atoms with E-state index < -0.39 is 0 Å². The van der Waals surface area contributed by atoms with Gasteiger partial charge in [-0.15, -0.1) is 24.0 Å². The lowest BCUT2D eigenvalue weighted by Crippen LogP contribution is -2.37. The highest BCUT2D eigenvalue weighted by atomic mass is 127. The van der Waals surface area contributed by atoms with Gasteiger partial charge in [-0.25, -0.2) is 4.99 Å². The van der Waals surface area contributed by atoms with Gasteiger partial charge in [0.05, 0.1) is 24.9 Å². The van der Waals surface area contributed by atoms with Crippen molar-refractivity contribution in [3.05, 3.63) is 59.4 Å². The van der Waals surface area contributed by atoms with Gasteiger partial charge >= 0.3 is 0 Å². The maximum atomic E-state index is 6.02. The number of aromatic nitrogens is 1. The summed E-state index contributed by atoms with van der Waals surface area (Å²) >= 11 is 0. The molecule has 1 aromatic heterocycles. The topological polar surface area (TPSA) is 72.5 Å². The van der Waals surface area contributed by atoms with Crippen molar-refractivity contribution < 1.29 is 4.74 Å². The predicted molar refractivity (Wildman–Crippen MR) is 102 cm³/mol. The van der Waals surface area contributed by atoms with Crippen LogP contribution in [0.25, 0.3) is 0 Å². The standard InChI is InChI=1S/C17H20N4O.HI/c1-12-5-4-6-13(20-12)11-19-17(18)21-15-9-10-22-16-8-3-2-7-14(15)16;/h2-8,15H,9-11H2,1H3,(H3,18,19,21);1H. The summed E-state index contributed by atoms with van der Waals surface area (Å²) in [5.74, 6) is 1.35. The Labute approximate surface area is 153 Å². The molecule has 1 aromatic carbocycles. The number of hydrogen-bond acceptors (Lipinski definition) is 3. The molecule has 0 aliphatic carbocycles. The molecule has 0 amide bonds. The number of pyridine rings is 1. The first kappa shape index (κ1) is 17.5. The molecule has 0 fully saturated rings. The van der Waals surface area contributed by atoms with Gasteiger partial charge in [-0.3, -0.25) is 4.98 Å². The Bertz CT molecular complexity index is 690. The quantitative estimate of drug-likeness (QED) is 0.452. The van der Waals surface area contributed by atoms with E-state index in [0.29, 0.717) is 19.1 Å². The number of benzene rings is 1. The Hall–Kier alpha value is -1.83. The highest BCUT2D eigenvalue weighted by Gasteiger charge is 2.21. The Morgan fingerprint density at radius 1 is 1.30 bits per heavy atom. The molecule has 0 saturated heterocycles. The second kappa shape index (κ2) is 8.14. The lowest BCUT2D eigenvalue weighted by Gasteiger charge is -2.26. The lowest BCUT2D eigenvalue weighted by molar-refractivity contribution is 0.262. The molecule has 0 radical (unpaired) electrons. The summed E-state index contributed by atoms with van der Waals surface area (Å²) in [6.07, 6.45) is 0.871. The van der Waals surface area contributed by atoms with Crippen molar-refractivity contribution in [1.82, 2.24) is 10.3 Å². The zero-order valence-corrected chi connectivity index (χ0v) is 15.4. The number of fused-ring (bicyclic) bond motifs is 1. The van der Waals surface area contributed by atoms with Crippen molar-refractivity contribution in [1.29, 1.82) is 0 Å². The fourth-order valence-corrected chi connectivity index (χ4v) is 2.57. The van der Waals surface area contributed by atoms with Crippen molar-refractivity contribution in [2.45, 2.75) is 25.9 Å². The van der Waals surface area contributed by atoms with E-state index in [2.05, 4.69) is 21.4 Å². The van der Waals surface area contributed by atoms with E-state index in [4.69, 9.17) is 10.5 Å². The first-order valence-electron chi connectivity index (χ1n) is 7.43. The molecule has 5 nitrogen and oxygen atoms in total. The van der Waals surface area contributed by atoms with Gasteiger partial charge in [-0.1, -0.05) is 24.3 Å². The number of aliphatic imine (C=N–C) groups is 1. The maximum absolute atomic E-state index is 6.02. The number of guanidine groups is 1. The first-order chi connectivity index (χ1) is 10.7. The zero-order valence-electron chi connectivity index (χ0n) is 13.0. The SMILES string of the molecule is Cc1cccc(CN=C(N)NC2CCOc3ccccc32)n1.I. The molecule has 1 unspecified atom stereocenters. The third-order valence-corrected chi connectivity index (χ3v) is 3.64. The molecule has 122 valence electrons. The highest BCUT2D eigenvalue weighted by molar-refractivity contribution is 14.0. The molecule has 3 rings (SSSR count). The Balaban J connectivity index is 0.00000192. The monoisotopic (exact) mass is 424 g/mol. The number of halogens is 1. The molecular weight excluding hydrogens is 403 g/mol. The third kappa shape index (κ3) is 4.57. The zero-order chi connectivity index (χ0) is 15.4. The molecular formula is C17H21IN4O. The number of nitrogens with two attached hydrogens (primary N) is 1. The van der Waals surface area contributed by atoms with Crippen LogP contribution in [0.2, 0.25) is 0 Å². The first-order valence-corrected chi connectivity index (χ1v) is 7.43. The second-order valence-corrected chi connectivity index (χ2v) is 5.34. The van der Waals surface area contributed by atoms with Crippen LogP contribution in [0.3, 0.4) is 0 Å². The van der Waals surface area contributed by atoms with Crippen LogP contribution in [0.5, 0.6) is 5.75 Å². The Morgan fingerprint density at radius 3 is 2.96 bits per heavy atom. The van der Waals surface area contributed by atoms with E-state index in [1.807, 2.05) is 43.3 Å². The van der Waals surface area contributed by atoms with E-state index in [0.717, 1.165) is 29.1 Å². The van der Waals surface area contributed by atoms with Crippen molar-refractivity contribution in [3.63, 3.8) is 0 Å². The molecule has 1 atom stereocenters. The van der Waals surface area contributed by atoms with Crippen LogP contribution >= 0.6 is 24.0 Å². The molecule has 0 saturated carbocycles. The smallest absolute Gasteiger partial charge is 0.189 e. The van der Waals surface area contributed by atoms with E-state index in [1.54, 1.807) is 0 Å². The van der Waals surface area contributed by atoms with Crippen molar-refractivity contribution in [2.75, 3.05) is 6.61 Å². The summed E-state index contributed by atoms with van der Waals surface area (Å²) in [5.41, 5.74) is 9.04. The Kier molecular flexibility index (Phi) is 6.20. The maximum Gasteiger partial charge on any atom is 0.189 e. The van der Waals surface area contributed by atoms with Gasteiger partial charge in [0, 0.05) is 17.7 Å². The van der Waals surface area contributed by atoms with E-state index in [9.17, 15) is 0 Å². The predicted octanol–water partition coefficient (Wildman–Crippen LogP) is 2.94. The molecule has 0 spiro atoms. The summed E-state index contributed by atoms with van der Waals surface area (Å²) in [7, 11) is 0. The Morgan fingerprint density at radius 2 is 2.13 bits per heavy atom. The summed E-state index contributed by atoms with van der Waals surface area (Å²) in [4.78, 5) is 8.80. The van der Waals surface area contributed by atoms with E-state index in [-0.39, 0.29) is 30.0 Å². The number of ether oxygens (including phenoxy) is 1. The van der Waals surface area contributed by atoms with Gasteiger partial charge in [0.1, 0.15) is 5.75 Å². The second-order valence-electron chi connectivity index (χ2n) is 5.34. The molecule has 2 heterocycles. The van der Waals surface area contributed by atoms with Crippen molar-refractivity contribution in [3.8, 4) is 5.75 Å². The molecule has 0 bridgehead atoms. The molecule has 2 aromatic rings. The van der Waals surface area contributed by atoms with Crippen molar-refractivity contribution >= 4 is 29.9 Å². The molecule has 23 heavy (non-hydrogen) atoms. The summed E-state index contributed by atoms with van der Waals surface area (Å²) in [6.45, 7) is 3.13. The molecule has 1 aliphatic rings. The number of nitrogens with one attached hydrogen (secondary N) is 1. The van der Waals surface area contributed by atoms with Crippen LogP contribution in [0, 0.1) is 6.92 Å². The number of para-hydroxylation sites is 1. The van der Waals surface area contributed by atoms with Crippen LogP contribution in [-0.2, 0) is 6.54 Å².